The lowest BCUT2D eigenvalue weighted by molar-refractivity contribution is -0.121. The van der Waals surface area contributed by atoms with Crippen LogP contribution in [0.25, 0.3) is 10.7 Å². The molecule has 8 nitrogen and oxygen atoms in total. The summed E-state index contributed by atoms with van der Waals surface area (Å²) in [6.07, 6.45) is 9.08. The maximum Gasteiger partial charge on any atom is 0.221 e. The first kappa shape index (κ1) is 15.2. The lowest BCUT2D eigenvalue weighted by atomic mass is 10.3. The van der Waals surface area contributed by atoms with Gasteiger partial charge < -0.3 is 5.32 Å². The second-order valence-electron chi connectivity index (χ2n) is 4.74. The number of thiazole rings is 1. The highest BCUT2D eigenvalue weighted by atomic mass is 32.1. The van der Waals surface area contributed by atoms with Crippen LogP contribution in [0.5, 0.6) is 0 Å². The Morgan fingerprint density at radius 1 is 1.30 bits per heavy atom. The summed E-state index contributed by atoms with van der Waals surface area (Å²) in [6, 6.07) is 0. The zero-order valence-electron chi connectivity index (χ0n) is 12.3. The van der Waals surface area contributed by atoms with E-state index in [1.807, 2.05) is 5.38 Å². The maximum atomic E-state index is 11.7. The zero-order valence-corrected chi connectivity index (χ0v) is 13.1. The van der Waals surface area contributed by atoms with Gasteiger partial charge in [0.25, 0.3) is 0 Å². The standard InChI is InChI=1S/C14H15N7OS/c22-13(2-6-21-10-16-9-19-21)18-3-1-11-8-23-14(20-11)12-7-15-4-5-17-12/h4-5,7-10H,1-3,6H2,(H,18,22). The molecule has 0 aromatic carbocycles. The number of rotatable bonds is 7. The van der Waals surface area contributed by atoms with Crippen molar-refractivity contribution >= 4 is 17.2 Å². The highest BCUT2D eigenvalue weighted by molar-refractivity contribution is 7.13. The van der Waals surface area contributed by atoms with Gasteiger partial charge >= 0.3 is 0 Å². The van der Waals surface area contributed by atoms with Crippen molar-refractivity contribution in [1.82, 2.24) is 35.0 Å². The summed E-state index contributed by atoms with van der Waals surface area (Å²) in [6.45, 7) is 1.08. The molecular formula is C14H15N7OS. The molecule has 0 aliphatic rings. The Hall–Kier alpha value is -2.68. The van der Waals surface area contributed by atoms with Crippen molar-refractivity contribution in [3.63, 3.8) is 0 Å². The molecule has 0 unspecified atom stereocenters. The van der Waals surface area contributed by atoms with Crippen LogP contribution >= 0.6 is 11.3 Å². The van der Waals surface area contributed by atoms with Crippen LogP contribution < -0.4 is 5.32 Å². The molecule has 3 aromatic heterocycles. The Labute approximate surface area is 136 Å². The van der Waals surface area contributed by atoms with Crippen LogP contribution in [-0.2, 0) is 17.8 Å². The van der Waals surface area contributed by atoms with Gasteiger partial charge in [0, 0.05) is 37.2 Å². The predicted molar refractivity (Wildman–Crippen MR) is 84.5 cm³/mol. The summed E-state index contributed by atoms with van der Waals surface area (Å²) in [4.78, 5) is 28.3. The number of carbonyl (C=O) groups excluding carboxylic acids is 1. The summed E-state index contributed by atoms with van der Waals surface area (Å²) < 4.78 is 1.63. The first-order valence-electron chi connectivity index (χ1n) is 7.11. The molecule has 1 amide bonds. The Morgan fingerprint density at radius 2 is 2.26 bits per heavy atom. The molecule has 0 aliphatic heterocycles. The summed E-state index contributed by atoms with van der Waals surface area (Å²) in [5, 5.41) is 9.65. The smallest absolute Gasteiger partial charge is 0.221 e. The lowest BCUT2D eigenvalue weighted by Gasteiger charge is -2.04. The van der Waals surface area contributed by atoms with Gasteiger partial charge in [-0.3, -0.25) is 19.4 Å². The number of hydrogen-bond acceptors (Lipinski definition) is 7. The number of nitrogens with zero attached hydrogens (tertiary/aromatic N) is 6. The topological polar surface area (TPSA) is 98.5 Å². The van der Waals surface area contributed by atoms with Crippen LogP contribution in [0, 0.1) is 0 Å². The number of amides is 1. The summed E-state index contributed by atoms with van der Waals surface area (Å²) >= 11 is 1.53. The van der Waals surface area contributed by atoms with Gasteiger partial charge in [-0.25, -0.2) is 9.97 Å². The fourth-order valence-corrected chi connectivity index (χ4v) is 2.75. The van der Waals surface area contributed by atoms with E-state index in [-0.39, 0.29) is 5.91 Å². The highest BCUT2D eigenvalue weighted by Gasteiger charge is 2.07. The Morgan fingerprint density at radius 3 is 3.04 bits per heavy atom. The Kier molecular flexibility index (Phi) is 4.99. The van der Waals surface area contributed by atoms with Crippen LogP contribution in [0.1, 0.15) is 12.1 Å². The third kappa shape index (κ3) is 4.39. The molecule has 3 heterocycles. The van der Waals surface area contributed by atoms with Crippen LogP contribution in [0.15, 0.2) is 36.6 Å². The minimum atomic E-state index is -0.00937. The van der Waals surface area contributed by atoms with Crippen LogP contribution in [0.2, 0.25) is 0 Å². The summed E-state index contributed by atoms with van der Waals surface area (Å²) in [5.74, 6) is -0.00937. The average Bonchev–Trinajstić information content (AvgIpc) is 3.26. The van der Waals surface area contributed by atoms with Gasteiger partial charge in [-0.2, -0.15) is 5.10 Å². The minimum absolute atomic E-state index is 0.00937. The second-order valence-corrected chi connectivity index (χ2v) is 5.60. The maximum absolute atomic E-state index is 11.7. The Balaban J connectivity index is 1.42. The van der Waals surface area contributed by atoms with E-state index < -0.39 is 0 Å². The molecule has 0 radical (unpaired) electrons. The van der Waals surface area contributed by atoms with Crippen molar-refractivity contribution in [2.24, 2.45) is 0 Å². The second kappa shape index (κ2) is 7.54. The number of aryl methyl sites for hydroxylation is 1. The highest BCUT2D eigenvalue weighted by Crippen LogP contribution is 2.20. The van der Waals surface area contributed by atoms with E-state index in [1.165, 1.54) is 17.7 Å². The lowest BCUT2D eigenvalue weighted by Crippen LogP contribution is -2.26. The van der Waals surface area contributed by atoms with E-state index in [0.29, 0.717) is 25.9 Å². The molecule has 0 saturated carbocycles. The van der Waals surface area contributed by atoms with Gasteiger partial charge in [0.2, 0.25) is 5.91 Å². The van der Waals surface area contributed by atoms with E-state index in [2.05, 4.69) is 30.4 Å². The number of hydrogen-bond donors (Lipinski definition) is 1. The molecule has 23 heavy (non-hydrogen) atoms. The van der Waals surface area contributed by atoms with Gasteiger partial charge in [0.1, 0.15) is 23.4 Å². The van der Waals surface area contributed by atoms with Gasteiger partial charge in [-0.05, 0) is 0 Å². The van der Waals surface area contributed by atoms with Crippen LogP contribution in [-0.4, -0.2) is 42.2 Å². The molecule has 1 N–H and O–H groups in total. The van der Waals surface area contributed by atoms with E-state index >= 15 is 0 Å². The minimum Gasteiger partial charge on any atom is -0.356 e. The van der Waals surface area contributed by atoms with Crippen molar-refractivity contribution in [3.8, 4) is 10.7 Å². The number of aromatic nitrogens is 6. The van der Waals surface area contributed by atoms with Gasteiger partial charge in [-0.1, -0.05) is 0 Å². The van der Waals surface area contributed by atoms with Crippen LogP contribution in [0.4, 0.5) is 0 Å². The summed E-state index contributed by atoms with van der Waals surface area (Å²) in [7, 11) is 0. The van der Waals surface area contributed by atoms with Gasteiger partial charge in [0.15, 0.2) is 0 Å². The van der Waals surface area contributed by atoms with Crippen molar-refractivity contribution in [2.45, 2.75) is 19.4 Å². The number of carbonyl (C=O) groups is 1. The van der Waals surface area contributed by atoms with E-state index in [9.17, 15) is 4.79 Å². The summed E-state index contributed by atoms with van der Waals surface area (Å²) in [5.41, 5.74) is 1.70. The SMILES string of the molecule is O=C(CCn1cncn1)NCCc1csc(-c2cnccn2)n1. The fraction of sp³-hybridized carbons (Fsp3) is 0.286. The molecule has 0 aliphatic carbocycles. The molecule has 9 heteroatoms. The van der Waals surface area contributed by atoms with Gasteiger partial charge in [0.05, 0.1) is 18.4 Å². The predicted octanol–water partition coefficient (Wildman–Crippen LogP) is 0.941. The quantitative estimate of drug-likeness (QED) is 0.693. The van der Waals surface area contributed by atoms with E-state index in [1.54, 1.807) is 29.6 Å². The van der Waals surface area contributed by atoms with Crippen molar-refractivity contribution in [2.75, 3.05) is 6.54 Å². The fourth-order valence-electron chi connectivity index (χ4n) is 1.93. The van der Waals surface area contributed by atoms with Crippen molar-refractivity contribution < 1.29 is 4.79 Å². The third-order valence-electron chi connectivity index (χ3n) is 3.07. The molecule has 3 aromatic rings. The molecule has 118 valence electrons. The van der Waals surface area contributed by atoms with E-state index in [0.717, 1.165) is 16.4 Å². The monoisotopic (exact) mass is 329 g/mol. The third-order valence-corrected chi connectivity index (χ3v) is 3.99. The van der Waals surface area contributed by atoms with Crippen LogP contribution in [0.3, 0.4) is 0 Å². The zero-order chi connectivity index (χ0) is 15.9. The molecule has 0 fully saturated rings. The molecule has 0 atom stereocenters. The Bertz CT molecular complexity index is 742. The molecule has 0 saturated heterocycles. The van der Waals surface area contributed by atoms with Crippen molar-refractivity contribution in [1.29, 1.82) is 0 Å². The van der Waals surface area contributed by atoms with Crippen molar-refractivity contribution in [3.05, 3.63) is 42.3 Å². The first-order valence-corrected chi connectivity index (χ1v) is 7.99. The van der Waals surface area contributed by atoms with Gasteiger partial charge in [-0.15, -0.1) is 11.3 Å². The molecule has 0 bridgehead atoms. The largest absolute Gasteiger partial charge is 0.356 e. The average molecular weight is 329 g/mol. The molecule has 0 spiro atoms. The first-order chi connectivity index (χ1) is 11.3. The number of nitrogens with one attached hydrogen (secondary N) is 1. The molecular weight excluding hydrogens is 314 g/mol. The normalized spacial score (nSPS) is 10.6. The van der Waals surface area contributed by atoms with E-state index in [4.69, 9.17) is 0 Å². The molecule has 3 rings (SSSR count).